The number of sulfonamides is 2. The molecule has 34 heavy (non-hydrogen) atoms. The fourth-order valence-corrected chi connectivity index (χ4v) is 6.28. The van der Waals surface area contributed by atoms with E-state index in [4.69, 9.17) is 4.74 Å². The quantitative estimate of drug-likeness (QED) is 0.278. The van der Waals surface area contributed by atoms with Crippen LogP contribution in [-0.2, 0) is 36.0 Å². The lowest BCUT2D eigenvalue weighted by Crippen LogP contribution is -2.42. The van der Waals surface area contributed by atoms with Gasteiger partial charge in [0.1, 0.15) is 6.04 Å². The van der Waals surface area contributed by atoms with Crippen LogP contribution in [-0.4, -0.2) is 42.0 Å². The second-order valence-corrected chi connectivity index (χ2v) is 12.1. The molecule has 2 rings (SSSR count). The Bertz CT molecular complexity index is 1180. The summed E-state index contributed by atoms with van der Waals surface area (Å²) in [6.07, 6.45) is 1.49. The number of esters is 1. The summed E-state index contributed by atoms with van der Waals surface area (Å²) in [7, 11) is -7.61. The van der Waals surface area contributed by atoms with Gasteiger partial charge in [-0.1, -0.05) is 40.5 Å². The van der Waals surface area contributed by atoms with E-state index in [9.17, 15) is 21.6 Å². The second kappa shape index (κ2) is 12.8. The highest BCUT2D eigenvalue weighted by molar-refractivity contribution is 9.10. The molecule has 0 aliphatic heterocycles. The summed E-state index contributed by atoms with van der Waals surface area (Å²) in [5.41, 5.74) is 1.58. The number of hydrogen-bond donors (Lipinski definition) is 2. The molecule has 2 aromatic rings. The number of hydrogen-bond acceptors (Lipinski definition) is 6. The zero-order valence-corrected chi connectivity index (χ0v) is 22.7. The molecule has 0 bridgehead atoms. The fraction of sp³-hybridized carbons (Fsp3) is 0.435. The van der Waals surface area contributed by atoms with Gasteiger partial charge in [-0.3, -0.25) is 4.79 Å². The van der Waals surface area contributed by atoms with E-state index in [1.54, 1.807) is 31.2 Å². The lowest BCUT2D eigenvalue weighted by molar-refractivity contribution is -0.145. The van der Waals surface area contributed by atoms with E-state index in [0.29, 0.717) is 24.8 Å². The lowest BCUT2D eigenvalue weighted by atomic mass is 10.1. The summed E-state index contributed by atoms with van der Waals surface area (Å²) in [5.74, 6) is -0.665. The molecule has 0 spiro atoms. The summed E-state index contributed by atoms with van der Waals surface area (Å²) in [4.78, 5) is 12.7. The first kappa shape index (κ1) is 28.4. The van der Waals surface area contributed by atoms with Crippen LogP contribution < -0.4 is 9.44 Å². The van der Waals surface area contributed by atoms with Gasteiger partial charge in [-0.05, 0) is 75.4 Å². The van der Waals surface area contributed by atoms with Gasteiger partial charge >= 0.3 is 5.97 Å². The minimum Gasteiger partial charge on any atom is -0.465 e. The summed E-state index contributed by atoms with van der Waals surface area (Å²) < 4.78 is 61.6. The van der Waals surface area contributed by atoms with Crippen LogP contribution in [0.2, 0.25) is 0 Å². The van der Waals surface area contributed by atoms with Crippen LogP contribution >= 0.6 is 15.9 Å². The standard InChI is InChI=1S/C23H31BrN2O6S2/c1-4-18-16-19(24)11-14-22(18)34(30,31)26-21(23(27)32-5-2)8-6-7-15-25-33(28,29)20-12-9-17(3)10-13-20/h9-14,16,21,25-26H,4-8,15H2,1-3H3/t21-/m0/s1. The van der Waals surface area contributed by atoms with Crippen LogP contribution in [0.3, 0.4) is 0 Å². The largest absolute Gasteiger partial charge is 0.465 e. The maximum atomic E-state index is 13.0. The molecule has 0 saturated carbocycles. The molecule has 2 N–H and O–H groups in total. The van der Waals surface area contributed by atoms with E-state index >= 15 is 0 Å². The normalized spacial score (nSPS) is 12.9. The first-order valence-electron chi connectivity index (χ1n) is 11.0. The van der Waals surface area contributed by atoms with Gasteiger partial charge in [0.25, 0.3) is 0 Å². The minimum atomic E-state index is -3.97. The average Bonchev–Trinajstić information content (AvgIpc) is 2.78. The van der Waals surface area contributed by atoms with Gasteiger partial charge in [0.05, 0.1) is 16.4 Å². The Hall–Kier alpha value is -1.79. The molecule has 0 saturated heterocycles. The van der Waals surface area contributed by atoms with E-state index in [-0.39, 0.29) is 29.4 Å². The van der Waals surface area contributed by atoms with E-state index in [0.717, 1.165) is 10.0 Å². The Morgan fingerprint density at radius 3 is 2.29 bits per heavy atom. The molecule has 188 valence electrons. The van der Waals surface area contributed by atoms with Crippen LogP contribution in [0.1, 0.15) is 44.2 Å². The topological polar surface area (TPSA) is 119 Å². The molecule has 11 heteroatoms. The molecular weight excluding hydrogens is 544 g/mol. The van der Waals surface area contributed by atoms with Gasteiger partial charge in [0.2, 0.25) is 20.0 Å². The van der Waals surface area contributed by atoms with Crippen molar-refractivity contribution >= 4 is 41.9 Å². The van der Waals surface area contributed by atoms with Crippen molar-refractivity contribution < 1.29 is 26.4 Å². The van der Waals surface area contributed by atoms with Crippen molar-refractivity contribution in [1.82, 2.24) is 9.44 Å². The third kappa shape index (κ3) is 8.16. The van der Waals surface area contributed by atoms with Gasteiger partial charge in [-0.25, -0.2) is 21.6 Å². The van der Waals surface area contributed by atoms with Gasteiger partial charge in [-0.15, -0.1) is 0 Å². The van der Waals surface area contributed by atoms with E-state index < -0.39 is 32.1 Å². The Labute approximate surface area is 210 Å². The predicted molar refractivity (Wildman–Crippen MR) is 134 cm³/mol. The summed E-state index contributed by atoms with van der Waals surface area (Å²) >= 11 is 3.34. The average molecular weight is 576 g/mol. The Morgan fingerprint density at radius 1 is 1.00 bits per heavy atom. The zero-order valence-electron chi connectivity index (χ0n) is 19.5. The number of carbonyl (C=O) groups excluding carboxylic acids is 1. The highest BCUT2D eigenvalue weighted by Gasteiger charge is 2.28. The van der Waals surface area contributed by atoms with Crippen molar-refractivity contribution in [3.8, 4) is 0 Å². The van der Waals surface area contributed by atoms with Crippen LogP contribution in [0.5, 0.6) is 0 Å². The number of rotatable bonds is 13. The first-order valence-corrected chi connectivity index (χ1v) is 14.8. The smallest absolute Gasteiger partial charge is 0.324 e. The number of carbonyl (C=O) groups is 1. The molecule has 0 fully saturated rings. The molecule has 0 heterocycles. The highest BCUT2D eigenvalue weighted by Crippen LogP contribution is 2.22. The molecule has 0 unspecified atom stereocenters. The molecule has 0 aliphatic rings. The Kier molecular flexibility index (Phi) is 10.7. The monoisotopic (exact) mass is 574 g/mol. The highest BCUT2D eigenvalue weighted by atomic mass is 79.9. The van der Waals surface area contributed by atoms with Gasteiger partial charge in [0.15, 0.2) is 0 Å². The fourth-order valence-electron chi connectivity index (χ4n) is 3.29. The molecule has 1 atom stereocenters. The second-order valence-electron chi connectivity index (χ2n) is 7.74. The third-order valence-corrected chi connectivity index (χ3v) is 8.65. The van der Waals surface area contributed by atoms with Crippen LogP contribution in [0.25, 0.3) is 0 Å². The zero-order chi connectivity index (χ0) is 25.4. The van der Waals surface area contributed by atoms with E-state index in [1.165, 1.54) is 18.2 Å². The van der Waals surface area contributed by atoms with Crippen LogP contribution in [0, 0.1) is 6.92 Å². The van der Waals surface area contributed by atoms with Crippen molar-refractivity contribution in [1.29, 1.82) is 0 Å². The Balaban J connectivity index is 2.01. The van der Waals surface area contributed by atoms with Crippen molar-refractivity contribution in [2.75, 3.05) is 13.2 Å². The number of nitrogens with one attached hydrogen (secondary N) is 2. The molecule has 0 aliphatic carbocycles. The number of benzene rings is 2. The molecule has 8 nitrogen and oxygen atoms in total. The maximum absolute atomic E-state index is 13.0. The van der Waals surface area contributed by atoms with Gasteiger partial charge in [0, 0.05) is 11.0 Å². The molecule has 0 amide bonds. The SMILES string of the molecule is CCOC(=O)[C@H](CCCCNS(=O)(=O)c1ccc(C)cc1)NS(=O)(=O)c1ccc(Br)cc1CC. The van der Waals surface area contributed by atoms with Crippen molar-refractivity contribution in [3.05, 3.63) is 58.1 Å². The van der Waals surface area contributed by atoms with Crippen molar-refractivity contribution in [2.45, 2.75) is 62.3 Å². The van der Waals surface area contributed by atoms with Gasteiger partial charge < -0.3 is 4.74 Å². The van der Waals surface area contributed by atoms with Crippen LogP contribution in [0.15, 0.2) is 56.7 Å². The first-order chi connectivity index (χ1) is 16.0. The minimum absolute atomic E-state index is 0.110. The van der Waals surface area contributed by atoms with Crippen molar-refractivity contribution in [2.24, 2.45) is 0 Å². The maximum Gasteiger partial charge on any atom is 0.324 e. The Morgan fingerprint density at radius 2 is 1.68 bits per heavy atom. The number of aryl methyl sites for hydroxylation is 2. The van der Waals surface area contributed by atoms with Gasteiger partial charge in [-0.2, -0.15) is 4.72 Å². The van der Waals surface area contributed by atoms with Crippen LogP contribution in [0.4, 0.5) is 0 Å². The molecule has 2 aromatic carbocycles. The third-order valence-electron chi connectivity index (χ3n) is 5.10. The molecule has 0 radical (unpaired) electrons. The molecular formula is C23H31BrN2O6S2. The summed E-state index contributed by atoms with van der Waals surface area (Å²) in [6.45, 7) is 5.64. The summed E-state index contributed by atoms with van der Waals surface area (Å²) in [6, 6.07) is 10.3. The van der Waals surface area contributed by atoms with E-state index in [1.807, 2.05) is 13.8 Å². The van der Waals surface area contributed by atoms with E-state index in [2.05, 4.69) is 25.4 Å². The number of halogens is 1. The van der Waals surface area contributed by atoms with Crippen molar-refractivity contribution in [3.63, 3.8) is 0 Å². The lowest BCUT2D eigenvalue weighted by Gasteiger charge is -2.19. The number of unbranched alkanes of at least 4 members (excludes halogenated alkanes) is 1. The molecule has 0 aromatic heterocycles. The number of ether oxygens (including phenoxy) is 1. The predicted octanol–water partition coefficient (Wildman–Crippen LogP) is 3.68. The summed E-state index contributed by atoms with van der Waals surface area (Å²) in [5, 5.41) is 0.